The highest BCUT2D eigenvalue weighted by Gasteiger charge is 2.25. The molecule has 0 saturated heterocycles. The number of methoxy groups -OCH3 is 2. The van der Waals surface area contributed by atoms with Crippen molar-refractivity contribution in [2.45, 2.75) is 39.7 Å². The summed E-state index contributed by atoms with van der Waals surface area (Å²) in [5, 5.41) is 5.69. The van der Waals surface area contributed by atoms with Crippen LogP contribution in [0.1, 0.15) is 49.9 Å². The van der Waals surface area contributed by atoms with Gasteiger partial charge in [-0.3, -0.25) is 9.59 Å². The summed E-state index contributed by atoms with van der Waals surface area (Å²) in [6.45, 7) is 7.74. The van der Waals surface area contributed by atoms with Crippen LogP contribution < -0.4 is 20.1 Å². The van der Waals surface area contributed by atoms with Crippen molar-refractivity contribution >= 4 is 28.6 Å². The quantitative estimate of drug-likeness (QED) is 0.541. The predicted octanol–water partition coefficient (Wildman–Crippen LogP) is 4.36. The van der Waals surface area contributed by atoms with Gasteiger partial charge in [0, 0.05) is 23.2 Å². The monoisotopic (exact) mass is 439 g/mol. The first-order chi connectivity index (χ1) is 15.2. The lowest BCUT2D eigenvalue weighted by Gasteiger charge is -2.22. The Balaban J connectivity index is 1.77. The highest BCUT2D eigenvalue weighted by molar-refractivity contribution is 6.02. The van der Waals surface area contributed by atoms with E-state index in [2.05, 4.69) is 15.6 Å². The third kappa shape index (κ3) is 5.19. The number of fused-ring (bicyclic) bond motifs is 1. The lowest BCUT2D eigenvalue weighted by Crippen LogP contribution is -2.47. The number of nitrogens with one attached hydrogen (secondary N) is 2. The number of carbonyl (C=O) groups is 2. The molecule has 8 nitrogen and oxygen atoms in total. The van der Waals surface area contributed by atoms with E-state index in [-0.39, 0.29) is 17.7 Å². The first-order valence-electron chi connectivity index (χ1n) is 10.5. The predicted molar refractivity (Wildman–Crippen MR) is 122 cm³/mol. The normalized spacial score (nSPS) is 12.1. The fourth-order valence-electron chi connectivity index (χ4n) is 3.19. The molecule has 1 heterocycles. The molecule has 0 aliphatic heterocycles. The highest BCUT2D eigenvalue weighted by atomic mass is 16.5. The zero-order chi connectivity index (χ0) is 23.4. The molecule has 0 aliphatic carbocycles. The van der Waals surface area contributed by atoms with Crippen molar-refractivity contribution in [3.05, 3.63) is 47.9 Å². The number of nitrogens with zero attached hydrogens (tertiary/aromatic N) is 1. The number of carbonyl (C=O) groups excluding carboxylic acids is 2. The van der Waals surface area contributed by atoms with Gasteiger partial charge < -0.3 is 24.5 Å². The molecule has 170 valence electrons. The minimum absolute atomic E-state index is 0.144. The summed E-state index contributed by atoms with van der Waals surface area (Å²) in [6, 6.07) is 9.40. The Labute approximate surface area is 187 Å². The number of benzene rings is 2. The van der Waals surface area contributed by atoms with Gasteiger partial charge in [-0.15, -0.1) is 0 Å². The summed E-state index contributed by atoms with van der Waals surface area (Å²) in [6.07, 6.45) is 0. The van der Waals surface area contributed by atoms with Crippen molar-refractivity contribution in [3.8, 4) is 11.5 Å². The molecule has 1 atom stereocenters. The van der Waals surface area contributed by atoms with Crippen LogP contribution in [0.2, 0.25) is 0 Å². The Bertz CT molecular complexity index is 1100. The average Bonchev–Trinajstić information content (AvgIpc) is 3.20. The summed E-state index contributed by atoms with van der Waals surface area (Å²) in [4.78, 5) is 30.3. The van der Waals surface area contributed by atoms with Crippen LogP contribution in [0.25, 0.3) is 11.1 Å². The van der Waals surface area contributed by atoms with Gasteiger partial charge in [0.1, 0.15) is 23.1 Å². The van der Waals surface area contributed by atoms with E-state index in [0.29, 0.717) is 39.7 Å². The van der Waals surface area contributed by atoms with Crippen LogP contribution in [-0.4, -0.2) is 37.1 Å². The fraction of sp³-hybridized carbons (Fsp3) is 0.375. The van der Waals surface area contributed by atoms with Crippen LogP contribution >= 0.6 is 0 Å². The molecule has 1 aromatic heterocycles. The number of rotatable bonds is 8. The molecular formula is C24H29N3O5. The van der Waals surface area contributed by atoms with Crippen LogP contribution in [0.3, 0.4) is 0 Å². The number of ether oxygens (including phenoxy) is 2. The van der Waals surface area contributed by atoms with E-state index in [1.807, 2.05) is 27.7 Å². The van der Waals surface area contributed by atoms with Gasteiger partial charge in [0.25, 0.3) is 5.91 Å². The number of hydrogen-bond donors (Lipinski definition) is 2. The minimum Gasteiger partial charge on any atom is -0.497 e. The lowest BCUT2D eigenvalue weighted by molar-refractivity contribution is -0.118. The lowest BCUT2D eigenvalue weighted by atomic mass is 10.0. The second kappa shape index (κ2) is 9.72. The van der Waals surface area contributed by atoms with E-state index in [4.69, 9.17) is 13.9 Å². The second-order valence-corrected chi connectivity index (χ2v) is 8.18. The molecular weight excluding hydrogens is 410 g/mol. The summed E-state index contributed by atoms with van der Waals surface area (Å²) in [5.74, 6) is 0.915. The van der Waals surface area contributed by atoms with Crippen molar-refractivity contribution in [1.29, 1.82) is 0 Å². The third-order valence-electron chi connectivity index (χ3n) is 5.01. The maximum absolute atomic E-state index is 13.0. The van der Waals surface area contributed by atoms with Crippen LogP contribution in [-0.2, 0) is 4.79 Å². The first kappa shape index (κ1) is 23.1. The van der Waals surface area contributed by atoms with Crippen molar-refractivity contribution in [2.75, 3.05) is 19.5 Å². The maximum atomic E-state index is 13.0. The Morgan fingerprint density at radius 2 is 1.62 bits per heavy atom. The van der Waals surface area contributed by atoms with Crippen LogP contribution in [0.5, 0.6) is 11.5 Å². The number of amides is 2. The van der Waals surface area contributed by atoms with Crippen molar-refractivity contribution in [2.24, 2.45) is 5.92 Å². The van der Waals surface area contributed by atoms with E-state index in [9.17, 15) is 9.59 Å². The van der Waals surface area contributed by atoms with E-state index < -0.39 is 11.9 Å². The van der Waals surface area contributed by atoms with E-state index in [1.165, 1.54) is 14.2 Å². The van der Waals surface area contributed by atoms with Gasteiger partial charge in [-0.1, -0.05) is 27.7 Å². The van der Waals surface area contributed by atoms with Gasteiger partial charge in [-0.2, -0.15) is 0 Å². The number of oxazole rings is 1. The first-order valence-corrected chi connectivity index (χ1v) is 10.5. The highest BCUT2D eigenvalue weighted by Crippen LogP contribution is 2.25. The SMILES string of the molecule is COc1cc(OC)cc(C(=O)NC(C(=O)Nc2ccc3oc(C(C)C)nc3c2)C(C)C)c1. The van der Waals surface area contributed by atoms with Crippen molar-refractivity contribution in [3.63, 3.8) is 0 Å². The van der Waals surface area contributed by atoms with Gasteiger partial charge in [-0.25, -0.2) is 4.98 Å². The van der Waals surface area contributed by atoms with Gasteiger partial charge in [0.05, 0.1) is 14.2 Å². The Morgan fingerprint density at radius 3 is 2.19 bits per heavy atom. The molecule has 0 bridgehead atoms. The number of hydrogen-bond acceptors (Lipinski definition) is 6. The smallest absolute Gasteiger partial charge is 0.252 e. The summed E-state index contributed by atoms with van der Waals surface area (Å²) < 4.78 is 16.2. The summed E-state index contributed by atoms with van der Waals surface area (Å²) in [5.41, 5.74) is 2.24. The molecule has 2 aromatic carbocycles. The van der Waals surface area contributed by atoms with E-state index in [1.54, 1.807) is 36.4 Å². The molecule has 3 aromatic rings. The second-order valence-electron chi connectivity index (χ2n) is 8.18. The van der Waals surface area contributed by atoms with Crippen molar-refractivity contribution < 1.29 is 23.5 Å². The zero-order valence-electron chi connectivity index (χ0n) is 19.2. The molecule has 2 N–H and O–H groups in total. The average molecular weight is 440 g/mol. The molecule has 0 saturated carbocycles. The van der Waals surface area contributed by atoms with E-state index >= 15 is 0 Å². The van der Waals surface area contributed by atoms with E-state index in [0.717, 1.165) is 0 Å². The van der Waals surface area contributed by atoms with Crippen LogP contribution in [0.15, 0.2) is 40.8 Å². The molecule has 2 amide bonds. The standard InChI is InChI=1S/C24H29N3O5/c1-13(2)21(27-22(28)15-9-17(30-5)12-18(10-15)31-6)23(29)25-16-7-8-20-19(11-16)26-24(32-20)14(3)4/h7-14,21H,1-6H3,(H,25,29)(H,27,28). The summed E-state index contributed by atoms with van der Waals surface area (Å²) in [7, 11) is 3.02. The molecule has 0 fully saturated rings. The third-order valence-corrected chi connectivity index (χ3v) is 5.01. The number of anilines is 1. The molecule has 0 radical (unpaired) electrons. The fourth-order valence-corrected chi connectivity index (χ4v) is 3.19. The zero-order valence-corrected chi connectivity index (χ0v) is 19.2. The van der Waals surface area contributed by atoms with Gasteiger partial charge in [0.15, 0.2) is 11.5 Å². The Morgan fingerprint density at radius 1 is 0.969 bits per heavy atom. The minimum atomic E-state index is -0.751. The number of aromatic nitrogens is 1. The Hall–Kier alpha value is -3.55. The van der Waals surface area contributed by atoms with Gasteiger partial charge in [-0.05, 0) is 36.2 Å². The molecule has 3 rings (SSSR count). The van der Waals surface area contributed by atoms with Gasteiger partial charge >= 0.3 is 0 Å². The van der Waals surface area contributed by atoms with Crippen LogP contribution in [0, 0.1) is 5.92 Å². The molecule has 0 aliphatic rings. The summed E-state index contributed by atoms with van der Waals surface area (Å²) >= 11 is 0. The largest absolute Gasteiger partial charge is 0.497 e. The molecule has 8 heteroatoms. The van der Waals surface area contributed by atoms with Crippen molar-refractivity contribution in [1.82, 2.24) is 10.3 Å². The topological polar surface area (TPSA) is 103 Å². The van der Waals surface area contributed by atoms with Gasteiger partial charge in [0.2, 0.25) is 5.91 Å². The maximum Gasteiger partial charge on any atom is 0.252 e. The Kier molecular flexibility index (Phi) is 7.02. The molecule has 32 heavy (non-hydrogen) atoms. The molecule has 1 unspecified atom stereocenters. The van der Waals surface area contributed by atoms with Crippen LogP contribution in [0.4, 0.5) is 5.69 Å². The molecule has 0 spiro atoms.